The number of benzene rings is 2. The first kappa shape index (κ1) is 19.2. The minimum Gasteiger partial charge on any atom is -0.483 e. The van der Waals surface area contributed by atoms with Crippen molar-refractivity contribution >= 4 is 28.3 Å². The Labute approximate surface area is 161 Å². The Morgan fingerprint density at radius 1 is 1.07 bits per heavy atom. The summed E-state index contributed by atoms with van der Waals surface area (Å²) < 4.78 is 7.30. The highest BCUT2D eigenvalue weighted by Crippen LogP contribution is 2.23. The molecule has 0 aliphatic heterocycles. The Balaban J connectivity index is 1.71. The SMILES string of the molecule is CCCn1ccc2c(OCC(=O)Nc3ccc(C(N)=O)cc3)cccc2c1=O. The number of carbonyl (C=O) groups excluding carboxylic acids is 2. The van der Waals surface area contributed by atoms with Gasteiger partial charge in [0.1, 0.15) is 5.75 Å². The van der Waals surface area contributed by atoms with Crippen LogP contribution in [0.2, 0.25) is 0 Å². The molecule has 28 heavy (non-hydrogen) atoms. The number of aryl methyl sites for hydroxylation is 1. The van der Waals surface area contributed by atoms with Crippen LogP contribution in [0.1, 0.15) is 23.7 Å². The summed E-state index contributed by atoms with van der Waals surface area (Å²) in [7, 11) is 0. The van der Waals surface area contributed by atoms with Crippen LogP contribution in [-0.2, 0) is 11.3 Å². The Morgan fingerprint density at radius 3 is 2.50 bits per heavy atom. The van der Waals surface area contributed by atoms with Crippen LogP contribution in [0.15, 0.2) is 59.5 Å². The van der Waals surface area contributed by atoms with E-state index < -0.39 is 5.91 Å². The molecular formula is C21H21N3O4. The third-order valence-corrected chi connectivity index (χ3v) is 4.25. The summed E-state index contributed by atoms with van der Waals surface area (Å²) >= 11 is 0. The summed E-state index contributed by atoms with van der Waals surface area (Å²) in [6.45, 7) is 2.45. The molecule has 0 atom stereocenters. The van der Waals surface area contributed by atoms with E-state index in [1.54, 1.807) is 41.1 Å². The maximum atomic E-state index is 12.5. The molecule has 0 aliphatic carbocycles. The van der Waals surface area contributed by atoms with Gasteiger partial charge in [0, 0.05) is 29.4 Å². The normalized spacial score (nSPS) is 10.6. The number of anilines is 1. The second kappa shape index (κ2) is 8.39. The van der Waals surface area contributed by atoms with Gasteiger partial charge >= 0.3 is 0 Å². The van der Waals surface area contributed by atoms with Gasteiger partial charge in [-0.05, 0) is 48.9 Å². The first-order chi connectivity index (χ1) is 13.5. The van der Waals surface area contributed by atoms with E-state index >= 15 is 0 Å². The highest BCUT2D eigenvalue weighted by atomic mass is 16.5. The Bertz CT molecular complexity index is 1070. The fourth-order valence-corrected chi connectivity index (χ4v) is 2.89. The smallest absolute Gasteiger partial charge is 0.262 e. The zero-order chi connectivity index (χ0) is 20.1. The first-order valence-corrected chi connectivity index (χ1v) is 8.94. The van der Waals surface area contributed by atoms with E-state index in [1.165, 1.54) is 12.1 Å². The number of nitrogens with two attached hydrogens (primary N) is 1. The Kier molecular flexibility index (Phi) is 5.74. The monoisotopic (exact) mass is 379 g/mol. The average Bonchev–Trinajstić information content (AvgIpc) is 2.69. The van der Waals surface area contributed by atoms with Crippen molar-refractivity contribution in [2.45, 2.75) is 19.9 Å². The highest BCUT2D eigenvalue weighted by Gasteiger charge is 2.10. The molecule has 3 rings (SSSR count). The molecule has 2 amide bonds. The second-order valence-corrected chi connectivity index (χ2v) is 6.31. The molecule has 144 valence electrons. The van der Waals surface area contributed by atoms with Crippen LogP contribution in [0, 0.1) is 0 Å². The van der Waals surface area contributed by atoms with Gasteiger partial charge in [0.05, 0.1) is 5.39 Å². The fourth-order valence-electron chi connectivity index (χ4n) is 2.89. The molecule has 0 spiro atoms. The highest BCUT2D eigenvalue weighted by molar-refractivity contribution is 5.95. The fraction of sp³-hybridized carbons (Fsp3) is 0.190. The summed E-state index contributed by atoms with van der Waals surface area (Å²) in [5.74, 6) is -0.421. The average molecular weight is 379 g/mol. The van der Waals surface area contributed by atoms with Crippen molar-refractivity contribution in [3.8, 4) is 5.75 Å². The molecule has 0 unspecified atom stereocenters. The summed E-state index contributed by atoms with van der Waals surface area (Å²) in [5, 5.41) is 3.90. The van der Waals surface area contributed by atoms with E-state index in [4.69, 9.17) is 10.5 Å². The number of primary amides is 1. The topological polar surface area (TPSA) is 103 Å². The van der Waals surface area contributed by atoms with Crippen LogP contribution in [0.5, 0.6) is 5.75 Å². The standard InChI is InChI=1S/C21H21N3O4/c1-2-11-24-12-10-16-17(21(24)27)4-3-5-18(16)28-13-19(25)23-15-8-6-14(7-9-15)20(22)26/h3-10,12H,2,11,13H2,1H3,(H2,22,26)(H,23,25). The molecule has 2 aromatic carbocycles. The summed E-state index contributed by atoms with van der Waals surface area (Å²) in [4.78, 5) is 35.7. The van der Waals surface area contributed by atoms with Gasteiger partial charge in [-0.2, -0.15) is 0 Å². The third kappa shape index (κ3) is 4.20. The molecule has 3 N–H and O–H groups in total. The van der Waals surface area contributed by atoms with Crippen LogP contribution < -0.4 is 21.3 Å². The Hall–Kier alpha value is -3.61. The summed E-state index contributed by atoms with van der Waals surface area (Å²) in [5.41, 5.74) is 6.00. The molecule has 0 saturated heterocycles. The molecule has 0 radical (unpaired) electrons. The van der Waals surface area contributed by atoms with Crippen molar-refractivity contribution in [3.63, 3.8) is 0 Å². The molecule has 1 aromatic heterocycles. The van der Waals surface area contributed by atoms with Gasteiger partial charge in [0.2, 0.25) is 5.91 Å². The van der Waals surface area contributed by atoms with Crippen LogP contribution in [-0.4, -0.2) is 23.0 Å². The molecule has 0 saturated carbocycles. The van der Waals surface area contributed by atoms with Gasteiger partial charge in [-0.25, -0.2) is 0 Å². The summed E-state index contributed by atoms with van der Waals surface area (Å²) in [6, 6.07) is 13.3. The third-order valence-electron chi connectivity index (χ3n) is 4.25. The first-order valence-electron chi connectivity index (χ1n) is 8.94. The molecular weight excluding hydrogens is 358 g/mol. The number of nitrogens with one attached hydrogen (secondary N) is 1. The van der Waals surface area contributed by atoms with Crippen molar-refractivity contribution < 1.29 is 14.3 Å². The predicted octanol–water partition coefficient (Wildman–Crippen LogP) is 2.53. The van der Waals surface area contributed by atoms with Gasteiger partial charge in [-0.1, -0.05) is 13.0 Å². The number of rotatable bonds is 7. The second-order valence-electron chi connectivity index (χ2n) is 6.31. The lowest BCUT2D eigenvalue weighted by Gasteiger charge is -2.11. The molecule has 7 heteroatoms. The van der Waals surface area contributed by atoms with Crippen molar-refractivity contribution in [3.05, 3.63) is 70.6 Å². The zero-order valence-electron chi connectivity index (χ0n) is 15.5. The minimum absolute atomic E-state index is 0.0798. The van der Waals surface area contributed by atoms with Crippen molar-refractivity contribution in [1.82, 2.24) is 4.57 Å². The van der Waals surface area contributed by atoms with Crippen LogP contribution in [0.25, 0.3) is 10.8 Å². The maximum absolute atomic E-state index is 12.5. The Morgan fingerprint density at radius 2 is 1.82 bits per heavy atom. The van der Waals surface area contributed by atoms with Gasteiger partial charge in [0.25, 0.3) is 11.5 Å². The molecule has 0 aliphatic rings. The number of nitrogens with zero attached hydrogens (tertiary/aromatic N) is 1. The lowest BCUT2D eigenvalue weighted by Crippen LogP contribution is -2.21. The van der Waals surface area contributed by atoms with Crippen LogP contribution in [0.4, 0.5) is 5.69 Å². The lowest BCUT2D eigenvalue weighted by molar-refractivity contribution is -0.118. The largest absolute Gasteiger partial charge is 0.483 e. The quantitative estimate of drug-likeness (QED) is 0.658. The van der Waals surface area contributed by atoms with Crippen LogP contribution in [0.3, 0.4) is 0 Å². The maximum Gasteiger partial charge on any atom is 0.262 e. The number of amides is 2. The number of pyridine rings is 1. The molecule has 0 fully saturated rings. The van der Waals surface area contributed by atoms with E-state index in [-0.39, 0.29) is 18.1 Å². The van der Waals surface area contributed by atoms with Crippen LogP contribution >= 0.6 is 0 Å². The van der Waals surface area contributed by atoms with Gasteiger partial charge in [-0.3, -0.25) is 14.4 Å². The number of hydrogen-bond donors (Lipinski definition) is 2. The predicted molar refractivity (Wildman–Crippen MR) is 108 cm³/mol. The summed E-state index contributed by atoms with van der Waals surface area (Å²) in [6.07, 6.45) is 2.60. The zero-order valence-corrected chi connectivity index (χ0v) is 15.5. The van der Waals surface area contributed by atoms with E-state index in [0.717, 1.165) is 6.42 Å². The minimum atomic E-state index is -0.532. The van der Waals surface area contributed by atoms with Crippen molar-refractivity contribution in [1.29, 1.82) is 0 Å². The number of hydrogen-bond acceptors (Lipinski definition) is 4. The number of carbonyl (C=O) groups is 2. The number of ether oxygens (including phenoxy) is 1. The number of fused-ring (bicyclic) bond motifs is 1. The van der Waals surface area contributed by atoms with E-state index in [9.17, 15) is 14.4 Å². The number of aromatic nitrogens is 1. The van der Waals surface area contributed by atoms with E-state index in [2.05, 4.69) is 5.32 Å². The van der Waals surface area contributed by atoms with Gasteiger partial charge in [0.15, 0.2) is 6.61 Å². The molecule has 3 aromatic rings. The molecule has 1 heterocycles. The molecule has 0 bridgehead atoms. The van der Waals surface area contributed by atoms with Gasteiger partial charge in [-0.15, -0.1) is 0 Å². The van der Waals surface area contributed by atoms with Crippen molar-refractivity contribution in [2.24, 2.45) is 5.73 Å². The van der Waals surface area contributed by atoms with Gasteiger partial charge < -0.3 is 20.4 Å². The van der Waals surface area contributed by atoms with E-state index in [0.29, 0.717) is 34.3 Å². The lowest BCUT2D eigenvalue weighted by atomic mass is 10.1. The molecule has 7 nitrogen and oxygen atoms in total. The van der Waals surface area contributed by atoms with Crippen molar-refractivity contribution in [2.75, 3.05) is 11.9 Å². The van der Waals surface area contributed by atoms with E-state index in [1.807, 2.05) is 13.0 Å².